The molecule has 0 fully saturated rings. The van der Waals surface area contributed by atoms with Crippen molar-refractivity contribution in [3.63, 3.8) is 0 Å². The van der Waals surface area contributed by atoms with Crippen molar-refractivity contribution in [1.82, 2.24) is 9.13 Å². The number of aromatic nitrogens is 2. The summed E-state index contributed by atoms with van der Waals surface area (Å²) in [6.07, 6.45) is -4.58. The first kappa shape index (κ1) is 36.0. The van der Waals surface area contributed by atoms with E-state index < -0.39 is 11.7 Å². The van der Waals surface area contributed by atoms with Crippen LogP contribution in [0.15, 0.2) is 164 Å². The summed E-state index contributed by atoms with van der Waals surface area (Å²) < 4.78 is 48.4. The number of fused-ring (bicyclic) bond motifs is 6. The molecular weight excluding hydrogens is 736 g/mol. The third kappa shape index (κ3) is 6.06. The van der Waals surface area contributed by atoms with Gasteiger partial charge >= 0.3 is 6.18 Å². The quantitative estimate of drug-likeness (QED) is 0.172. The highest BCUT2D eigenvalue weighted by Crippen LogP contribution is 2.45. The van der Waals surface area contributed by atoms with Crippen molar-refractivity contribution in [2.24, 2.45) is 0 Å². The monoisotopic (exact) mass is 771 g/mol. The molecule has 0 saturated carbocycles. The molecule has 0 atom stereocenters. The summed E-state index contributed by atoms with van der Waals surface area (Å²) in [5.41, 5.74) is 12.4. The Morgan fingerprint density at radius 1 is 0.424 bits per heavy atom. The maximum Gasteiger partial charge on any atom is 0.416 e. The summed E-state index contributed by atoms with van der Waals surface area (Å²) in [4.78, 5) is 0. The lowest BCUT2D eigenvalue weighted by Crippen LogP contribution is -2.08. The van der Waals surface area contributed by atoms with Gasteiger partial charge < -0.3 is 9.13 Å². The second kappa shape index (κ2) is 13.6. The molecule has 0 aliphatic rings. The molecule has 0 saturated heterocycles. The molecule has 0 spiro atoms. The van der Waals surface area contributed by atoms with Gasteiger partial charge in [0.05, 0.1) is 50.6 Å². The van der Waals surface area contributed by atoms with Gasteiger partial charge in [0.2, 0.25) is 0 Å². The van der Waals surface area contributed by atoms with E-state index in [1.807, 2.05) is 54.6 Å². The van der Waals surface area contributed by atoms with Gasteiger partial charge in [-0.15, -0.1) is 0 Å². The van der Waals surface area contributed by atoms with Crippen LogP contribution in [0.1, 0.15) is 27.8 Å². The standard InChI is InChI=1S/C53H36F3N3/c1-32-10-8-12-36(22-32)38-18-20-48-44(29-38)42-14-4-6-16-46(42)58(48)50-26-35(31-57)27-51(52(50)40-24-34(3)25-41(28-40)53(54,55)56)59-47-17-7-5-15-43(47)45-30-39(19-21-49(45)59)37-13-9-11-33(2)23-37/h4-30H,1-3H3. The zero-order valence-corrected chi connectivity index (χ0v) is 32.6. The van der Waals surface area contributed by atoms with Crippen molar-refractivity contribution in [3.8, 4) is 50.8 Å². The van der Waals surface area contributed by atoms with E-state index in [-0.39, 0.29) is 0 Å². The van der Waals surface area contributed by atoms with E-state index in [0.29, 0.717) is 33.6 Å². The SMILES string of the molecule is Cc1cccc(-c2ccc3c(c2)c2ccccc2n3-c2cc(C#N)cc(-n3c4ccccc4c4cc(-c5cccc(C)c5)ccc43)c2-c2cc(C)cc(C(F)(F)F)c2)c1. The first-order valence-electron chi connectivity index (χ1n) is 19.5. The molecule has 2 heterocycles. The third-order valence-corrected chi connectivity index (χ3v) is 11.4. The number of hydrogen-bond donors (Lipinski definition) is 0. The lowest BCUT2D eigenvalue weighted by atomic mass is 9.95. The normalized spacial score (nSPS) is 11.9. The van der Waals surface area contributed by atoms with Crippen LogP contribution in [0, 0.1) is 32.1 Å². The van der Waals surface area contributed by atoms with Crippen LogP contribution in [0.2, 0.25) is 0 Å². The molecule has 0 amide bonds. The van der Waals surface area contributed by atoms with Crippen LogP contribution in [-0.4, -0.2) is 9.13 Å². The lowest BCUT2D eigenvalue weighted by Gasteiger charge is -2.22. The van der Waals surface area contributed by atoms with Crippen LogP contribution >= 0.6 is 0 Å². The lowest BCUT2D eigenvalue weighted by molar-refractivity contribution is -0.137. The van der Waals surface area contributed by atoms with Crippen LogP contribution < -0.4 is 0 Å². The van der Waals surface area contributed by atoms with Crippen LogP contribution in [-0.2, 0) is 6.18 Å². The summed E-state index contributed by atoms with van der Waals surface area (Å²) in [5.74, 6) is 0. The van der Waals surface area contributed by atoms with Gasteiger partial charge in [-0.05, 0) is 115 Å². The Kier molecular flexibility index (Phi) is 8.33. The minimum atomic E-state index is -4.58. The van der Waals surface area contributed by atoms with Crippen LogP contribution in [0.25, 0.3) is 88.4 Å². The predicted molar refractivity (Wildman–Crippen MR) is 235 cm³/mol. The first-order chi connectivity index (χ1) is 28.6. The summed E-state index contributed by atoms with van der Waals surface area (Å²) >= 11 is 0. The molecule has 6 heteroatoms. The van der Waals surface area contributed by atoms with E-state index in [1.54, 1.807) is 6.92 Å². The number of halogens is 3. The summed E-state index contributed by atoms with van der Waals surface area (Å²) in [6, 6.07) is 56.0. The molecule has 10 rings (SSSR count). The van der Waals surface area contributed by atoms with Crippen LogP contribution in [0.4, 0.5) is 13.2 Å². The predicted octanol–water partition coefficient (Wildman–Crippen LogP) is 14.7. The Morgan fingerprint density at radius 2 is 0.881 bits per heavy atom. The van der Waals surface area contributed by atoms with Gasteiger partial charge in [-0.25, -0.2) is 0 Å². The minimum Gasteiger partial charge on any atom is -0.308 e. The Balaban J connectivity index is 1.34. The van der Waals surface area contributed by atoms with Crippen molar-refractivity contribution in [1.29, 1.82) is 5.26 Å². The molecule has 0 N–H and O–H groups in total. The second-order valence-corrected chi connectivity index (χ2v) is 15.5. The van der Waals surface area contributed by atoms with Gasteiger partial charge in [0, 0.05) is 27.1 Å². The molecule has 2 aromatic heterocycles. The maximum atomic E-state index is 14.7. The van der Waals surface area contributed by atoms with Gasteiger partial charge in [-0.2, -0.15) is 18.4 Å². The summed E-state index contributed by atoms with van der Waals surface area (Å²) in [5, 5.41) is 14.7. The van der Waals surface area contributed by atoms with E-state index >= 15 is 0 Å². The van der Waals surface area contributed by atoms with Gasteiger partial charge in [0.25, 0.3) is 0 Å². The molecule has 0 aliphatic carbocycles. The Labute approximate surface area is 339 Å². The van der Waals surface area contributed by atoms with E-state index in [1.165, 1.54) is 12.1 Å². The van der Waals surface area contributed by atoms with Crippen molar-refractivity contribution in [3.05, 3.63) is 192 Å². The number of nitriles is 1. The average molecular weight is 772 g/mol. The number of aryl methyl sites for hydroxylation is 3. The van der Waals surface area contributed by atoms with Crippen LogP contribution in [0.3, 0.4) is 0 Å². The summed E-state index contributed by atoms with van der Waals surface area (Å²) in [6.45, 7) is 5.85. The van der Waals surface area contributed by atoms with Gasteiger partial charge in [0.1, 0.15) is 0 Å². The number of nitrogens with zero attached hydrogens (tertiary/aromatic N) is 3. The minimum absolute atomic E-state index is 0.382. The average Bonchev–Trinajstić information content (AvgIpc) is 3.75. The fourth-order valence-electron chi connectivity index (χ4n) is 8.89. The second-order valence-electron chi connectivity index (χ2n) is 15.5. The Bertz CT molecular complexity index is 3190. The zero-order chi connectivity index (χ0) is 40.6. The van der Waals surface area contributed by atoms with Crippen molar-refractivity contribution in [2.75, 3.05) is 0 Å². The zero-order valence-electron chi connectivity index (χ0n) is 32.6. The summed E-state index contributed by atoms with van der Waals surface area (Å²) in [7, 11) is 0. The molecule has 0 unspecified atom stereocenters. The fraction of sp³-hybridized carbons (Fsp3) is 0.0755. The van der Waals surface area contributed by atoms with Crippen molar-refractivity contribution >= 4 is 43.6 Å². The molecule has 3 nitrogen and oxygen atoms in total. The molecule has 8 aromatic carbocycles. The molecule has 0 aliphatic heterocycles. The molecular formula is C53H36F3N3. The van der Waals surface area contributed by atoms with Gasteiger partial charge in [-0.1, -0.05) is 114 Å². The van der Waals surface area contributed by atoms with E-state index in [2.05, 4.69) is 126 Å². The van der Waals surface area contributed by atoms with Crippen LogP contribution in [0.5, 0.6) is 0 Å². The smallest absolute Gasteiger partial charge is 0.308 e. The topological polar surface area (TPSA) is 33.6 Å². The first-order valence-corrected chi connectivity index (χ1v) is 19.5. The van der Waals surface area contributed by atoms with Gasteiger partial charge in [0.15, 0.2) is 0 Å². The van der Waals surface area contributed by atoms with Gasteiger partial charge in [-0.3, -0.25) is 0 Å². The molecule has 0 bridgehead atoms. The van der Waals surface area contributed by atoms with E-state index in [9.17, 15) is 18.4 Å². The number of rotatable bonds is 5. The molecule has 284 valence electrons. The van der Waals surface area contributed by atoms with E-state index in [4.69, 9.17) is 0 Å². The third-order valence-electron chi connectivity index (χ3n) is 11.4. The van der Waals surface area contributed by atoms with E-state index in [0.717, 1.165) is 77.0 Å². The highest BCUT2D eigenvalue weighted by atomic mass is 19.4. The van der Waals surface area contributed by atoms with Crippen molar-refractivity contribution in [2.45, 2.75) is 26.9 Å². The Morgan fingerprint density at radius 3 is 1.36 bits per heavy atom. The highest BCUT2D eigenvalue weighted by molar-refractivity contribution is 6.13. The van der Waals surface area contributed by atoms with Crippen molar-refractivity contribution < 1.29 is 13.2 Å². The number of para-hydroxylation sites is 2. The molecule has 59 heavy (non-hydrogen) atoms. The Hall–Kier alpha value is -7.36. The fourth-order valence-corrected chi connectivity index (χ4v) is 8.89. The number of benzene rings is 8. The number of alkyl halides is 3. The maximum absolute atomic E-state index is 14.7. The number of hydrogen-bond acceptors (Lipinski definition) is 1. The molecule has 0 radical (unpaired) electrons. The highest BCUT2D eigenvalue weighted by Gasteiger charge is 2.32. The largest absolute Gasteiger partial charge is 0.416 e. The molecule has 10 aromatic rings.